The summed E-state index contributed by atoms with van der Waals surface area (Å²) in [7, 11) is -3.35. The lowest BCUT2D eigenvalue weighted by Gasteiger charge is -2.17. The van der Waals surface area contributed by atoms with Crippen molar-refractivity contribution < 1.29 is 30.8 Å². The van der Waals surface area contributed by atoms with Crippen molar-refractivity contribution in [2.24, 2.45) is 12.0 Å². The molecule has 2 aromatic rings. The molecule has 0 saturated carbocycles. The summed E-state index contributed by atoms with van der Waals surface area (Å²) in [6, 6.07) is 2.46. The topological polar surface area (TPSA) is 116 Å². The van der Waals surface area contributed by atoms with Crippen molar-refractivity contribution in [2.75, 3.05) is 5.32 Å². The number of carbonyl (C=O) groups is 1. The number of alkyl halides is 3. The van der Waals surface area contributed by atoms with Gasteiger partial charge in [-0.15, -0.1) is 0 Å². The molecule has 2 N–H and O–H groups in total. The third-order valence-corrected chi connectivity index (χ3v) is 5.78. The first-order valence-electron chi connectivity index (χ1n) is 8.52. The largest absolute Gasteiger partial charge is 0.404 e. The molecule has 0 fully saturated rings. The SMILES string of the molecule is C=NCc1c(S(=O)(=O)NC(C)C(F)(F)F)cn(C)c1C(=O)Nc1ccc(F)c(C#N)c1. The summed E-state index contributed by atoms with van der Waals surface area (Å²) >= 11 is 0. The van der Waals surface area contributed by atoms with Gasteiger partial charge in [0.15, 0.2) is 0 Å². The van der Waals surface area contributed by atoms with E-state index in [0.717, 1.165) is 22.9 Å². The minimum absolute atomic E-state index is 0.0508. The molecule has 1 aromatic heterocycles. The van der Waals surface area contributed by atoms with E-state index >= 15 is 0 Å². The van der Waals surface area contributed by atoms with Gasteiger partial charge in [-0.1, -0.05) is 0 Å². The van der Waals surface area contributed by atoms with Gasteiger partial charge in [-0.3, -0.25) is 9.79 Å². The first kappa shape index (κ1) is 24.0. The third-order valence-electron chi connectivity index (χ3n) is 4.19. The Bertz CT molecular complexity index is 1170. The van der Waals surface area contributed by atoms with Crippen LogP contribution in [-0.2, 0) is 23.6 Å². The molecule has 2 rings (SSSR count). The zero-order valence-electron chi connectivity index (χ0n) is 16.3. The van der Waals surface area contributed by atoms with Crippen LogP contribution in [0.2, 0.25) is 0 Å². The maximum atomic E-state index is 13.5. The summed E-state index contributed by atoms with van der Waals surface area (Å²) in [5.41, 5.74) is -0.670. The summed E-state index contributed by atoms with van der Waals surface area (Å²) in [5, 5.41) is 11.3. The lowest BCUT2D eigenvalue weighted by atomic mass is 10.2. The highest BCUT2D eigenvalue weighted by molar-refractivity contribution is 7.89. The van der Waals surface area contributed by atoms with Crippen molar-refractivity contribution in [1.29, 1.82) is 5.26 Å². The average Bonchev–Trinajstić information content (AvgIpc) is 2.99. The van der Waals surface area contributed by atoms with E-state index in [-0.39, 0.29) is 29.1 Å². The van der Waals surface area contributed by atoms with Crippen molar-refractivity contribution in [2.45, 2.75) is 30.6 Å². The second kappa shape index (κ2) is 8.86. The standard InChI is InChI=1S/C18H17F4N5O3S/c1-10(18(20,21)22)26-31(29,30)15-9-27(3)16(13(15)8-24-2)17(28)25-12-4-5-14(19)11(6-12)7-23/h4-6,9-10,26H,2,8H2,1,3H3,(H,25,28). The Hall–Kier alpha value is -3.24. The van der Waals surface area contributed by atoms with Crippen LogP contribution in [0.1, 0.15) is 28.5 Å². The van der Waals surface area contributed by atoms with Gasteiger partial charge in [0.2, 0.25) is 10.0 Å². The van der Waals surface area contributed by atoms with Crippen LogP contribution in [0.3, 0.4) is 0 Å². The molecule has 0 saturated heterocycles. The van der Waals surface area contributed by atoms with Crippen molar-refractivity contribution in [3.63, 3.8) is 0 Å². The molecule has 13 heteroatoms. The smallest absolute Gasteiger partial charge is 0.345 e. The van der Waals surface area contributed by atoms with E-state index in [1.165, 1.54) is 17.8 Å². The number of sulfonamides is 1. The molecule has 1 amide bonds. The lowest BCUT2D eigenvalue weighted by molar-refractivity contribution is -0.147. The number of nitriles is 1. The van der Waals surface area contributed by atoms with Gasteiger partial charge in [-0.2, -0.15) is 23.2 Å². The maximum Gasteiger partial charge on any atom is 0.404 e. The number of aryl methyl sites for hydroxylation is 1. The molecule has 166 valence electrons. The monoisotopic (exact) mass is 459 g/mol. The van der Waals surface area contributed by atoms with Crippen LogP contribution in [0, 0.1) is 17.1 Å². The van der Waals surface area contributed by atoms with Crippen molar-refractivity contribution in [3.05, 3.63) is 47.0 Å². The second-order valence-corrected chi connectivity index (χ2v) is 8.14. The molecule has 0 radical (unpaired) electrons. The van der Waals surface area contributed by atoms with E-state index in [1.807, 2.05) is 0 Å². The molecule has 1 heterocycles. The molecule has 31 heavy (non-hydrogen) atoms. The van der Waals surface area contributed by atoms with Gasteiger partial charge in [-0.05, 0) is 31.8 Å². The van der Waals surface area contributed by atoms with E-state index in [0.29, 0.717) is 6.92 Å². The molecule has 0 bridgehead atoms. The van der Waals surface area contributed by atoms with Crippen molar-refractivity contribution in [1.82, 2.24) is 9.29 Å². The number of anilines is 1. The van der Waals surface area contributed by atoms with E-state index in [2.05, 4.69) is 17.0 Å². The summed E-state index contributed by atoms with van der Waals surface area (Å²) in [4.78, 5) is 15.8. The van der Waals surface area contributed by atoms with Crippen molar-refractivity contribution >= 4 is 28.3 Å². The molecular formula is C18H17F4N5O3S. The van der Waals surface area contributed by atoms with Crippen molar-refractivity contribution in [3.8, 4) is 6.07 Å². The Morgan fingerprint density at radius 3 is 2.58 bits per heavy atom. The van der Waals surface area contributed by atoms with Crippen LogP contribution in [0.4, 0.5) is 23.2 Å². The Labute approximate surface area is 175 Å². The first-order valence-corrected chi connectivity index (χ1v) is 10.0. The Morgan fingerprint density at radius 2 is 2.03 bits per heavy atom. The highest BCUT2D eigenvalue weighted by atomic mass is 32.2. The number of amides is 1. The van der Waals surface area contributed by atoms with Crippen LogP contribution in [0.5, 0.6) is 0 Å². The fourth-order valence-corrected chi connectivity index (χ4v) is 4.19. The predicted molar refractivity (Wildman–Crippen MR) is 104 cm³/mol. The number of nitrogens with zero attached hydrogens (tertiary/aromatic N) is 3. The number of nitrogens with one attached hydrogen (secondary N) is 2. The highest BCUT2D eigenvalue weighted by Gasteiger charge is 2.40. The summed E-state index contributed by atoms with van der Waals surface area (Å²) in [5.74, 6) is -1.64. The number of hydrogen-bond donors (Lipinski definition) is 2. The van der Waals surface area contributed by atoms with Gasteiger partial charge < -0.3 is 9.88 Å². The van der Waals surface area contributed by atoms with Crippen LogP contribution in [0.25, 0.3) is 0 Å². The quantitative estimate of drug-likeness (QED) is 0.489. The Balaban J connectivity index is 2.48. The fraction of sp³-hybridized carbons (Fsp3) is 0.278. The minimum atomic E-state index is -4.82. The maximum absolute atomic E-state index is 13.5. The molecule has 1 atom stereocenters. The zero-order chi connectivity index (χ0) is 23.6. The van der Waals surface area contributed by atoms with Crippen LogP contribution >= 0.6 is 0 Å². The fourth-order valence-electron chi connectivity index (χ4n) is 2.68. The molecule has 1 aromatic carbocycles. The van der Waals surface area contributed by atoms with Gasteiger partial charge in [0.25, 0.3) is 5.91 Å². The lowest BCUT2D eigenvalue weighted by Crippen LogP contribution is -2.43. The summed E-state index contributed by atoms with van der Waals surface area (Å²) in [6.45, 7) is 3.50. The Kier molecular flexibility index (Phi) is 6.87. The van der Waals surface area contributed by atoms with Gasteiger partial charge in [-0.25, -0.2) is 12.8 Å². The van der Waals surface area contributed by atoms with Gasteiger partial charge in [0.05, 0.1) is 12.1 Å². The average molecular weight is 459 g/mol. The van der Waals surface area contributed by atoms with Gasteiger partial charge in [0, 0.05) is 24.5 Å². The van der Waals surface area contributed by atoms with E-state index in [4.69, 9.17) is 5.26 Å². The second-order valence-electron chi connectivity index (χ2n) is 6.46. The summed E-state index contributed by atoms with van der Waals surface area (Å²) in [6.07, 6.45) is -3.84. The Morgan fingerprint density at radius 1 is 1.39 bits per heavy atom. The number of rotatable bonds is 7. The molecular weight excluding hydrogens is 442 g/mol. The molecule has 0 aliphatic heterocycles. The zero-order valence-corrected chi connectivity index (χ0v) is 17.1. The van der Waals surface area contributed by atoms with Crippen LogP contribution in [-0.4, -0.2) is 37.8 Å². The van der Waals surface area contributed by atoms with Gasteiger partial charge >= 0.3 is 6.18 Å². The molecule has 1 unspecified atom stereocenters. The van der Waals surface area contributed by atoms with Crippen LogP contribution < -0.4 is 10.0 Å². The number of benzene rings is 1. The normalized spacial score (nSPS) is 12.8. The van der Waals surface area contributed by atoms with Gasteiger partial charge in [0.1, 0.15) is 28.5 Å². The summed E-state index contributed by atoms with van der Waals surface area (Å²) < 4.78 is 79.7. The highest BCUT2D eigenvalue weighted by Crippen LogP contribution is 2.27. The number of aromatic nitrogens is 1. The minimum Gasteiger partial charge on any atom is -0.345 e. The molecule has 0 aliphatic carbocycles. The van der Waals surface area contributed by atoms with Crippen LogP contribution in [0.15, 0.2) is 34.3 Å². The van der Waals surface area contributed by atoms with E-state index < -0.39 is 38.9 Å². The number of hydrogen-bond acceptors (Lipinski definition) is 5. The predicted octanol–water partition coefficient (Wildman–Crippen LogP) is 2.72. The number of aliphatic imine (C=N–C) groups is 1. The first-order chi connectivity index (χ1) is 14.3. The van der Waals surface area contributed by atoms with E-state index in [9.17, 15) is 30.8 Å². The molecule has 0 aliphatic rings. The molecule has 0 spiro atoms. The third kappa shape index (κ3) is 5.28. The van der Waals surface area contributed by atoms with E-state index in [1.54, 1.807) is 6.07 Å². The number of carbonyl (C=O) groups excluding carboxylic acids is 1. The molecule has 8 nitrogen and oxygen atoms in total. The number of halogens is 4.